The van der Waals surface area contributed by atoms with Crippen molar-refractivity contribution in [2.24, 2.45) is 12.5 Å². The normalized spacial score (nSPS) is 17.4. The fraction of sp³-hybridized carbons (Fsp3) is 0.733. The number of nitrogens with zero attached hydrogens (tertiary/aromatic N) is 2. The molecule has 1 aliphatic heterocycles. The Morgan fingerprint density at radius 3 is 2.68 bits per heavy atom. The van der Waals surface area contributed by atoms with E-state index in [1.54, 1.807) is 25.6 Å². The second kappa shape index (κ2) is 8.26. The van der Waals surface area contributed by atoms with E-state index in [0.29, 0.717) is 19.0 Å². The van der Waals surface area contributed by atoms with E-state index in [9.17, 15) is 13.2 Å². The Labute approximate surface area is 148 Å². The molecular weight excluding hydrogens is 346 g/mol. The molecule has 1 aromatic heterocycles. The molecule has 0 saturated carbocycles. The molecule has 0 aliphatic carbocycles. The minimum absolute atomic E-state index is 0.0884. The third kappa shape index (κ3) is 5.24. The lowest BCUT2D eigenvalue weighted by Gasteiger charge is -2.37. The number of nitrogens with one attached hydrogen (secondary N) is 3. The molecule has 1 amide bonds. The number of imidazole rings is 1. The van der Waals surface area contributed by atoms with Crippen molar-refractivity contribution >= 4 is 15.9 Å². The van der Waals surface area contributed by atoms with Gasteiger partial charge in [-0.05, 0) is 32.9 Å². The number of hydrogen-bond acceptors (Lipinski definition) is 6. The first-order valence-electron chi connectivity index (χ1n) is 8.24. The summed E-state index contributed by atoms with van der Waals surface area (Å²) in [6.45, 7) is 4.18. The van der Waals surface area contributed by atoms with E-state index in [2.05, 4.69) is 20.3 Å². The van der Waals surface area contributed by atoms with Crippen LogP contribution in [0.3, 0.4) is 0 Å². The van der Waals surface area contributed by atoms with Crippen molar-refractivity contribution < 1.29 is 17.9 Å². The van der Waals surface area contributed by atoms with Crippen LogP contribution < -0.4 is 15.4 Å². The zero-order chi connectivity index (χ0) is 18.5. The van der Waals surface area contributed by atoms with Crippen LogP contribution in [0.5, 0.6) is 0 Å². The minimum Gasteiger partial charge on any atom is -0.384 e. The Morgan fingerprint density at radius 1 is 1.44 bits per heavy atom. The van der Waals surface area contributed by atoms with Gasteiger partial charge < -0.3 is 19.9 Å². The molecule has 1 aliphatic rings. The van der Waals surface area contributed by atoms with E-state index < -0.39 is 10.0 Å². The monoisotopic (exact) mass is 373 g/mol. The predicted molar refractivity (Wildman–Crippen MR) is 92.6 cm³/mol. The summed E-state index contributed by atoms with van der Waals surface area (Å²) in [5.41, 5.74) is -0.105. The average Bonchev–Trinajstić information content (AvgIpc) is 2.92. The van der Waals surface area contributed by atoms with Crippen LogP contribution in [0.4, 0.5) is 0 Å². The molecule has 2 rings (SSSR count). The number of carbonyl (C=O) groups excluding carboxylic acids is 1. The van der Waals surface area contributed by atoms with E-state index in [0.717, 1.165) is 25.9 Å². The van der Waals surface area contributed by atoms with Crippen molar-refractivity contribution in [1.29, 1.82) is 0 Å². The Kier molecular flexibility index (Phi) is 6.55. The number of rotatable bonds is 8. The van der Waals surface area contributed by atoms with Gasteiger partial charge in [-0.1, -0.05) is 0 Å². The molecule has 9 nitrogen and oxygen atoms in total. The highest BCUT2D eigenvalue weighted by Crippen LogP contribution is 2.28. The molecular formula is C15H27N5O4S. The zero-order valence-corrected chi connectivity index (χ0v) is 15.8. The Bertz CT molecular complexity index is 670. The van der Waals surface area contributed by atoms with Crippen LogP contribution in [0, 0.1) is 12.3 Å². The van der Waals surface area contributed by atoms with Crippen molar-refractivity contribution in [2.75, 3.05) is 39.9 Å². The van der Waals surface area contributed by atoms with Crippen LogP contribution in [0.2, 0.25) is 0 Å². The van der Waals surface area contributed by atoms with Crippen LogP contribution in [-0.4, -0.2) is 63.8 Å². The highest BCUT2D eigenvalue weighted by Gasteiger charge is 2.32. The number of amides is 1. The predicted octanol–water partition coefficient (Wildman–Crippen LogP) is -0.861. The SMILES string of the molecule is COCC1(CNC(=O)CNS(=O)(=O)c2cn(C)c(C)n2)CCNCC1. The number of methoxy groups -OCH3 is 1. The van der Waals surface area contributed by atoms with Crippen LogP contribution >= 0.6 is 0 Å². The van der Waals surface area contributed by atoms with Gasteiger partial charge >= 0.3 is 0 Å². The molecule has 0 aromatic carbocycles. The molecule has 2 heterocycles. The lowest BCUT2D eigenvalue weighted by atomic mass is 9.79. The zero-order valence-electron chi connectivity index (χ0n) is 15.0. The van der Waals surface area contributed by atoms with Crippen molar-refractivity contribution in [3.8, 4) is 0 Å². The molecule has 1 aromatic rings. The molecule has 3 N–H and O–H groups in total. The molecule has 1 fully saturated rings. The number of hydrogen-bond donors (Lipinski definition) is 3. The number of piperidine rings is 1. The summed E-state index contributed by atoms with van der Waals surface area (Å²) in [4.78, 5) is 16.0. The van der Waals surface area contributed by atoms with Crippen molar-refractivity contribution in [1.82, 2.24) is 24.9 Å². The van der Waals surface area contributed by atoms with Gasteiger partial charge in [-0.2, -0.15) is 0 Å². The first-order chi connectivity index (χ1) is 11.8. The maximum absolute atomic E-state index is 12.2. The quantitative estimate of drug-likeness (QED) is 0.546. The van der Waals surface area contributed by atoms with E-state index >= 15 is 0 Å². The van der Waals surface area contributed by atoms with Gasteiger partial charge in [0, 0.05) is 32.3 Å². The van der Waals surface area contributed by atoms with Crippen LogP contribution in [0.1, 0.15) is 18.7 Å². The first kappa shape index (κ1) is 19.8. The summed E-state index contributed by atoms with van der Waals surface area (Å²) >= 11 is 0. The van der Waals surface area contributed by atoms with Crippen molar-refractivity contribution in [3.63, 3.8) is 0 Å². The number of ether oxygens (including phenoxy) is 1. The average molecular weight is 373 g/mol. The van der Waals surface area contributed by atoms with Gasteiger partial charge in [0.1, 0.15) is 5.82 Å². The molecule has 0 radical (unpaired) electrons. The topological polar surface area (TPSA) is 114 Å². The van der Waals surface area contributed by atoms with Gasteiger partial charge in [0.05, 0.1) is 13.2 Å². The third-order valence-electron chi connectivity index (χ3n) is 4.56. The lowest BCUT2D eigenvalue weighted by Crippen LogP contribution is -2.48. The Hall–Kier alpha value is -1.49. The van der Waals surface area contributed by atoms with Gasteiger partial charge in [0.2, 0.25) is 5.91 Å². The fourth-order valence-corrected chi connectivity index (χ4v) is 3.89. The number of carbonyl (C=O) groups is 1. The molecule has 1 saturated heterocycles. The van der Waals surface area contributed by atoms with Crippen LogP contribution in [-0.2, 0) is 26.6 Å². The second-order valence-electron chi connectivity index (χ2n) is 6.52. The van der Waals surface area contributed by atoms with Crippen molar-refractivity contribution in [2.45, 2.75) is 24.8 Å². The van der Waals surface area contributed by atoms with Gasteiger partial charge in [0.25, 0.3) is 10.0 Å². The highest BCUT2D eigenvalue weighted by atomic mass is 32.2. The highest BCUT2D eigenvalue weighted by molar-refractivity contribution is 7.89. The standard InChI is InChI=1S/C15H27N5O4S/c1-12-19-14(9-20(12)2)25(22,23)18-8-13(21)17-10-15(11-24-3)4-6-16-7-5-15/h9,16,18H,4-8,10-11H2,1-3H3,(H,17,21). The molecule has 25 heavy (non-hydrogen) atoms. The van der Waals surface area contributed by atoms with E-state index in [1.165, 1.54) is 6.20 Å². The molecule has 0 spiro atoms. The smallest absolute Gasteiger partial charge is 0.260 e. The Balaban J connectivity index is 1.87. The summed E-state index contributed by atoms with van der Waals surface area (Å²) in [5, 5.41) is 6.02. The second-order valence-corrected chi connectivity index (χ2v) is 8.24. The van der Waals surface area contributed by atoms with E-state index in [1.807, 2.05) is 0 Å². The van der Waals surface area contributed by atoms with E-state index in [-0.39, 0.29) is 22.9 Å². The first-order valence-corrected chi connectivity index (χ1v) is 9.72. The number of sulfonamides is 1. The minimum atomic E-state index is -3.80. The largest absolute Gasteiger partial charge is 0.384 e. The molecule has 10 heteroatoms. The third-order valence-corrected chi connectivity index (χ3v) is 5.83. The maximum atomic E-state index is 12.2. The summed E-state index contributed by atoms with van der Waals surface area (Å²) in [6, 6.07) is 0. The van der Waals surface area contributed by atoms with Crippen molar-refractivity contribution in [3.05, 3.63) is 12.0 Å². The van der Waals surface area contributed by atoms with Gasteiger partial charge in [-0.15, -0.1) is 0 Å². The summed E-state index contributed by atoms with van der Waals surface area (Å²) < 4.78 is 33.6. The summed E-state index contributed by atoms with van der Waals surface area (Å²) in [7, 11) is -0.445. The molecule has 0 unspecified atom stereocenters. The van der Waals surface area contributed by atoms with Gasteiger partial charge in [-0.3, -0.25) is 4.79 Å². The lowest BCUT2D eigenvalue weighted by molar-refractivity contribution is -0.120. The number of aryl methyl sites for hydroxylation is 2. The Morgan fingerprint density at radius 2 is 2.12 bits per heavy atom. The molecule has 0 atom stereocenters. The molecule has 0 bridgehead atoms. The fourth-order valence-electron chi connectivity index (χ4n) is 2.87. The van der Waals surface area contributed by atoms with Gasteiger partial charge in [-0.25, -0.2) is 18.1 Å². The summed E-state index contributed by atoms with van der Waals surface area (Å²) in [5.74, 6) is 0.211. The van der Waals surface area contributed by atoms with Gasteiger partial charge in [0.15, 0.2) is 5.03 Å². The summed E-state index contributed by atoms with van der Waals surface area (Å²) in [6.07, 6.45) is 3.22. The van der Waals surface area contributed by atoms with Crippen LogP contribution in [0.15, 0.2) is 11.2 Å². The molecule has 142 valence electrons. The van der Waals surface area contributed by atoms with E-state index in [4.69, 9.17) is 4.74 Å². The number of aromatic nitrogens is 2. The maximum Gasteiger partial charge on any atom is 0.260 e. The van der Waals surface area contributed by atoms with Crippen LogP contribution in [0.25, 0.3) is 0 Å².